The number of hydrogen-bond donors (Lipinski definition) is 0. The number of hydrogen-bond acceptors (Lipinski definition) is 3. The molecule has 17 heavy (non-hydrogen) atoms. The van der Waals surface area contributed by atoms with Crippen LogP contribution in [0.5, 0.6) is 0 Å². The van der Waals surface area contributed by atoms with Gasteiger partial charge in [0.25, 0.3) is 0 Å². The van der Waals surface area contributed by atoms with Crippen LogP contribution in [-0.2, 0) is 4.79 Å². The molecule has 86 valence electrons. The molecule has 0 saturated heterocycles. The molecule has 1 aromatic heterocycles. The minimum absolute atomic E-state index is 0.0456. The predicted octanol–water partition coefficient (Wildman–Crippen LogP) is 4.66. The topological polar surface area (TPSA) is 20.3 Å². The van der Waals surface area contributed by atoms with Crippen LogP contribution in [-0.4, -0.2) is 5.91 Å². The number of thiophene rings is 1. The zero-order valence-corrected chi connectivity index (χ0v) is 12.2. The number of fused-ring (bicyclic) bond motifs is 2. The molecule has 2 aromatic rings. The van der Waals surface area contributed by atoms with Gasteiger partial charge in [-0.25, -0.2) is 0 Å². The lowest BCUT2D eigenvalue weighted by molar-refractivity contribution is -0.115. The molecule has 1 aliphatic heterocycles. The van der Waals surface area contributed by atoms with Gasteiger partial charge in [-0.1, -0.05) is 27.7 Å². The Morgan fingerprint density at radius 3 is 2.88 bits per heavy atom. The molecule has 0 spiro atoms. The third-order valence-electron chi connectivity index (χ3n) is 2.53. The molecule has 0 fully saturated rings. The average Bonchev–Trinajstić information content (AvgIpc) is 2.72. The fourth-order valence-corrected chi connectivity index (χ4v) is 4.28. The molecule has 2 heterocycles. The summed E-state index contributed by atoms with van der Waals surface area (Å²) in [4.78, 5) is 14.7. The highest BCUT2D eigenvalue weighted by atomic mass is 79.9. The van der Waals surface area contributed by atoms with Crippen molar-refractivity contribution in [3.05, 3.63) is 34.1 Å². The van der Waals surface area contributed by atoms with Gasteiger partial charge in [-0.15, -0.1) is 11.3 Å². The molecule has 0 saturated carbocycles. The lowest BCUT2D eigenvalue weighted by Crippen LogP contribution is -2.24. The molecule has 0 atom stereocenters. The lowest BCUT2D eigenvalue weighted by Gasteiger charge is -2.28. The summed E-state index contributed by atoms with van der Waals surface area (Å²) < 4.78 is 2.16. The van der Waals surface area contributed by atoms with Crippen molar-refractivity contribution < 1.29 is 4.79 Å². The van der Waals surface area contributed by atoms with E-state index >= 15 is 0 Å². The van der Waals surface area contributed by atoms with E-state index in [2.05, 4.69) is 15.9 Å². The lowest BCUT2D eigenvalue weighted by atomic mass is 10.2. The van der Waals surface area contributed by atoms with Crippen molar-refractivity contribution in [3.63, 3.8) is 0 Å². The van der Waals surface area contributed by atoms with Crippen LogP contribution in [0.25, 0.3) is 0 Å². The monoisotopic (exact) mass is 325 g/mol. The van der Waals surface area contributed by atoms with Crippen LogP contribution in [0.4, 0.5) is 11.4 Å². The summed E-state index contributed by atoms with van der Waals surface area (Å²) in [5.74, 6) is 0.0456. The van der Waals surface area contributed by atoms with E-state index in [9.17, 15) is 4.79 Å². The van der Waals surface area contributed by atoms with Gasteiger partial charge in [0, 0.05) is 16.3 Å². The van der Waals surface area contributed by atoms with Crippen LogP contribution in [0.2, 0.25) is 0 Å². The molecule has 1 aromatic carbocycles. The minimum Gasteiger partial charge on any atom is -0.278 e. The molecule has 0 unspecified atom stereocenters. The molecule has 0 bridgehead atoms. The van der Waals surface area contributed by atoms with Crippen molar-refractivity contribution in [2.24, 2.45) is 0 Å². The van der Waals surface area contributed by atoms with Gasteiger partial charge >= 0.3 is 0 Å². The standard InChI is InChI=1S/C12H8BrNOS2/c1-7(15)14-9-4-5-16-12(9)17-11-3-2-8(13)6-10(11)14/h2-6H,1H3. The average molecular weight is 326 g/mol. The number of carbonyl (C=O) groups excluding carboxylic acids is 1. The number of rotatable bonds is 0. The maximum atomic E-state index is 11.8. The smallest absolute Gasteiger partial charge is 0.228 e. The zero-order chi connectivity index (χ0) is 12.0. The minimum atomic E-state index is 0.0456. The number of halogens is 1. The second-order valence-electron chi connectivity index (χ2n) is 3.66. The van der Waals surface area contributed by atoms with Crippen molar-refractivity contribution in [2.45, 2.75) is 16.0 Å². The van der Waals surface area contributed by atoms with Crippen molar-refractivity contribution in [2.75, 3.05) is 4.90 Å². The Hall–Kier alpha value is -0.780. The van der Waals surface area contributed by atoms with Gasteiger partial charge < -0.3 is 0 Å². The molecule has 1 aliphatic rings. The number of nitrogens with zero attached hydrogens (tertiary/aromatic N) is 1. The van der Waals surface area contributed by atoms with Gasteiger partial charge in [-0.05, 0) is 29.6 Å². The van der Waals surface area contributed by atoms with Crippen LogP contribution < -0.4 is 4.90 Å². The van der Waals surface area contributed by atoms with Gasteiger partial charge in [-0.2, -0.15) is 0 Å². The Labute approximate surface area is 116 Å². The molecule has 0 radical (unpaired) electrons. The van der Waals surface area contributed by atoms with Gasteiger partial charge in [0.1, 0.15) is 0 Å². The highest BCUT2D eigenvalue weighted by molar-refractivity contribution is 9.10. The fraction of sp³-hybridized carbons (Fsp3) is 0.0833. The van der Waals surface area contributed by atoms with Gasteiger partial charge in [0.15, 0.2) is 0 Å². The van der Waals surface area contributed by atoms with Crippen LogP contribution in [0.1, 0.15) is 6.92 Å². The van der Waals surface area contributed by atoms with Crippen LogP contribution in [0.15, 0.2) is 43.2 Å². The first-order valence-electron chi connectivity index (χ1n) is 5.02. The molecular weight excluding hydrogens is 318 g/mol. The van der Waals surface area contributed by atoms with E-state index in [0.717, 1.165) is 20.7 Å². The molecule has 5 heteroatoms. The third-order valence-corrected chi connectivity index (χ3v) is 5.22. The second-order valence-corrected chi connectivity index (χ2v) is 6.80. The normalized spacial score (nSPS) is 13.2. The number of benzene rings is 1. The molecule has 0 N–H and O–H groups in total. The van der Waals surface area contributed by atoms with E-state index < -0.39 is 0 Å². The van der Waals surface area contributed by atoms with Crippen molar-refractivity contribution >= 4 is 56.3 Å². The number of anilines is 2. The summed E-state index contributed by atoms with van der Waals surface area (Å²) in [6.45, 7) is 1.60. The first-order chi connectivity index (χ1) is 8.16. The number of carbonyl (C=O) groups is 1. The zero-order valence-electron chi connectivity index (χ0n) is 8.94. The summed E-state index contributed by atoms with van der Waals surface area (Å²) in [5.41, 5.74) is 1.96. The van der Waals surface area contributed by atoms with Crippen LogP contribution >= 0.6 is 39.0 Å². The van der Waals surface area contributed by atoms with E-state index in [0.29, 0.717) is 0 Å². The van der Waals surface area contributed by atoms with Crippen molar-refractivity contribution in [1.29, 1.82) is 0 Å². The molecule has 3 rings (SSSR count). The first-order valence-corrected chi connectivity index (χ1v) is 7.51. The van der Waals surface area contributed by atoms with E-state index in [4.69, 9.17) is 0 Å². The van der Waals surface area contributed by atoms with Gasteiger partial charge in [-0.3, -0.25) is 9.69 Å². The number of amides is 1. The summed E-state index contributed by atoms with van der Waals surface area (Å²) in [6.07, 6.45) is 0. The molecular formula is C12H8BrNOS2. The third kappa shape index (κ3) is 1.82. The Morgan fingerprint density at radius 1 is 1.29 bits per heavy atom. The van der Waals surface area contributed by atoms with Crippen LogP contribution in [0.3, 0.4) is 0 Å². The fourth-order valence-electron chi connectivity index (χ4n) is 1.85. The quantitative estimate of drug-likeness (QED) is 0.702. The maximum Gasteiger partial charge on any atom is 0.228 e. The van der Waals surface area contributed by atoms with Crippen molar-refractivity contribution in [1.82, 2.24) is 0 Å². The Balaban J connectivity index is 2.23. The molecule has 1 amide bonds. The summed E-state index contributed by atoms with van der Waals surface area (Å²) in [5, 5.41) is 2.02. The van der Waals surface area contributed by atoms with E-state index in [1.807, 2.05) is 29.6 Å². The van der Waals surface area contributed by atoms with E-state index in [-0.39, 0.29) is 5.91 Å². The second kappa shape index (κ2) is 4.15. The highest BCUT2D eigenvalue weighted by Gasteiger charge is 2.27. The summed E-state index contributed by atoms with van der Waals surface area (Å²) in [6, 6.07) is 8.04. The molecule has 0 aliphatic carbocycles. The Morgan fingerprint density at radius 2 is 2.12 bits per heavy atom. The first kappa shape index (κ1) is 11.3. The Bertz CT molecular complexity index is 608. The van der Waals surface area contributed by atoms with Crippen molar-refractivity contribution in [3.8, 4) is 0 Å². The molecule has 2 nitrogen and oxygen atoms in total. The van der Waals surface area contributed by atoms with Crippen LogP contribution in [0, 0.1) is 0 Å². The Kier molecular flexibility index (Phi) is 2.77. The summed E-state index contributed by atoms with van der Waals surface area (Å²) >= 11 is 6.85. The highest BCUT2D eigenvalue weighted by Crippen LogP contribution is 2.51. The maximum absolute atomic E-state index is 11.8. The van der Waals surface area contributed by atoms with Gasteiger partial charge in [0.05, 0.1) is 15.6 Å². The SMILES string of the molecule is CC(=O)N1c2cc(Br)ccc2Sc2sccc21. The predicted molar refractivity (Wildman–Crippen MR) is 75.4 cm³/mol. The van der Waals surface area contributed by atoms with E-state index in [1.54, 1.807) is 34.9 Å². The van der Waals surface area contributed by atoms with E-state index in [1.165, 1.54) is 4.21 Å². The summed E-state index contributed by atoms with van der Waals surface area (Å²) in [7, 11) is 0. The van der Waals surface area contributed by atoms with Gasteiger partial charge in [0.2, 0.25) is 5.91 Å². The largest absolute Gasteiger partial charge is 0.278 e.